The third-order valence-corrected chi connectivity index (χ3v) is 6.43. The number of aromatic nitrogens is 1. The van der Waals surface area contributed by atoms with Gasteiger partial charge in [-0.15, -0.1) is 0 Å². The van der Waals surface area contributed by atoms with Crippen molar-refractivity contribution in [1.29, 1.82) is 0 Å². The van der Waals surface area contributed by atoms with Crippen LogP contribution in [0.4, 0.5) is 0 Å². The zero-order chi connectivity index (χ0) is 25.8. The molecule has 0 bridgehead atoms. The third kappa shape index (κ3) is 5.25. The number of carbonyl (C=O) groups excluding carboxylic acids is 2. The Morgan fingerprint density at radius 1 is 0.892 bits per heavy atom. The second kappa shape index (κ2) is 10.7. The second-order valence-electron chi connectivity index (χ2n) is 8.64. The number of aliphatic hydroxyl groups excluding tert-OH is 1. The van der Waals surface area contributed by atoms with Gasteiger partial charge in [0.05, 0.1) is 11.6 Å². The van der Waals surface area contributed by atoms with Crippen LogP contribution >= 0.6 is 11.6 Å². The fraction of sp³-hybridized carbons (Fsp3) is 0.100. The molecule has 1 saturated heterocycles. The summed E-state index contributed by atoms with van der Waals surface area (Å²) in [5.74, 6) is -1.06. The van der Waals surface area contributed by atoms with E-state index < -0.39 is 17.7 Å². The molecular weight excluding hydrogens is 488 g/mol. The van der Waals surface area contributed by atoms with Crippen LogP contribution in [0.25, 0.3) is 5.76 Å². The van der Waals surface area contributed by atoms with Gasteiger partial charge >= 0.3 is 0 Å². The van der Waals surface area contributed by atoms with Crippen LogP contribution < -0.4 is 4.74 Å². The van der Waals surface area contributed by atoms with E-state index in [-0.39, 0.29) is 17.9 Å². The lowest BCUT2D eigenvalue weighted by Crippen LogP contribution is -2.29. The molecule has 7 heteroatoms. The summed E-state index contributed by atoms with van der Waals surface area (Å²) in [4.78, 5) is 31.9. The lowest BCUT2D eigenvalue weighted by atomic mass is 9.95. The molecule has 1 aliphatic rings. The molecule has 2 heterocycles. The van der Waals surface area contributed by atoms with E-state index in [2.05, 4.69) is 4.98 Å². The maximum atomic E-state index is 13.2. The van der Waals surface area contributed by atoms with Crippen molar-refractivity contribution in [3.63, 3.8) is 0 Å². The Bertz CT molecular complexity index is 1440. The van der Waals surface area contributed by atoms with Crippen LogP contribution in [0, 0.1) is 0 Å². The van der Waals surface area contributed by atoms with Crippen LogP contribution in [0.15, 0.2) is 109 Å². The van der Waals surface area contributed by atoms with E-state index in [1.54, 1.807) is 67.0 Å². The lowest BCUT2D eigenvalue weighted by Gasteiger charge is -2.25. The highest BCUT2D eigenvalue weighted by Crippen LogP contribution is 2.40. The second-order valence-corrected chi connectivity index (χ2v) is 9.07. The molecule has 5 rings (SSSR count). The van der Waals surface area contributed by atoms with Crippen molar-refractivity contribution >= 4 is 29.1 Å². The molecule has 0 saturated carbocycles. The Morgan fingerprint density at radius 3 is 2.27 bits per heavy atom. The zero-order valence-corrected chi connectivity index (χ0v) is 20.5. The van der Waals surface area contributed by atoms with Crippen molar-refractivity contribution in [3.8, 4) is 5.75 Å². The van der Waals surface area contributed by atoms with Gasteiger partial charge in [0.1, 0.15) is 18.1 Å². The fourth-order valence-electron chi connectivity index (χ4n) is 4.33. The number of carbonyl (C=O) groups is 2. The Kier molecular flexibility index (Phi) is 7.01. The molecule has 1 aromatic heterocycles. The third-order valence-electron chi connectivity index (χ3n) is 6.18. The van der Waals surface area contributed by atoms with Gasteiger partial charge in [0.25, 0.3) is 11.7 Å². The van der Waals surface area contributed by atoms with Gasteiger partial charge < -0.3 is 14.7 Å². The summed E-state index contributed by atoms with van der Waals surface area (Å²) in [7, 11) is 0. The topological polar surface area (TPSA) is 79.7 Å². The number of Topliss-reactive ketones (excluding diaryl/α,β-unsaturated/α-hetero) is 1. The molecule has 1 N–H and O–H groups in total. The maximum absolute atomic E-state index is 13.2. The van der Waals surface area contributed by atoms with Crippen molar-refractivity contribution in [2.45, 2.75) is 19.2 Å². The summed E-state index contributed by atoms with van der Waals surface area (Å²) >= 11 is 6.09. The van der Waals surface area contributed by atoms with Crippen molar-refractivity contribution in [2.24, 2.45) is 0 Å². The predicted octanol–water partition coefficient (Wildman–Crippen LogP) is 5.94. The van der Waals surface area contributed by atoms with Gasteiger partial charge in [0, 0.05) is 29.5 Å². The Balaban J connectivity index is 1.48. The van der Waals surface area contributed by atoms with E-state index >= 15 is 0 Å². The Labute approximate surface area is 219 Å². The van der Waals surface area contributed by atoms with Crippen molar-refractivity contribution < 1.29 is 19.4 Å². The summed E-state index contributed by atoms with van der Waals surface area (Å²) in [5.41, 5.74) is 2.89. The summed E-state index contributed by atoms with van der Waals surface area (Å²) < 4.78 is 5.83. The van der Waals surface area contributed by atoms with E-state index in [1.807, 2.05) is 36.4 Å². The van der Waals surface area contributed by atoms with Gasteiger partial charge in [-0.1, -0.05) is 60.1 Å². The van der Waals surface area contributed by atoms with Crippen LogP contribution in [0.1, 0.15) is 28.3 Å². The standard InChI is InChI=1S/C30H23ClN2O4/c31-24-12-8-22(9-13-24)27-26(29(35)30(36)33(27)18-21-7-4-16-32-17-21)28(34)23-10-14-25(15-11-23)37-19-20-5-2-1-3-6-20/h1-17,27,34H,18-19H2/b28-26+. The average molecular weight is 511 g/mol. The molecule has 3 aromatic carbocycles. The number of benzene rings is 3. The van der Waals surface area contributed by atoms with E-state index in [1.165, 1.54) is 4.90 Å². The minimum Gasteiger partial charge on any atom is -0.507 e. The molecule has 4 aromatic rings. The molecule has 37 heavy (non-hydrogen) atoms. The number of pyridine rings is 1. The highest BCUT2D eigenvalue weighted by Gasteiger charge is 2.46. The number of nitrogens with zero attached hydrogens (tertiary/aromatic N) is 2. The smallest absolute Gasteiger partial charge is 0.295 e. The first-order valence-corrected chi connectivity index (χ1v) is 12.1. The van der Waals surface area contributed by atoms with E-state index in [0.29, 0.717) is 28.5 Å². The first-order chi connectivity index (χ1) is 18.0. The number of ketones is 1. The summed E-state index contributed by atoms with van der Waals surface area (Å²) in [6.45, 7) is 0.566. The molecule has 6 nitrogen and oxygen atoms in total. The predicted molar refractivity (Wildman–Crippen MR) is 141 cm³/mol. The first-order valence-electron chi connectivity index (χ1n) is 11.7. The highest BCUT2D eigenvalue weighted by molar-refractivity contribution is 6.46. The molecule has 0 aliphatic carbocycles. The molecule has 1 atom stereocenters. The molecule has 1 fully saturated rings. The average Bonchev–Trinajstić information content (AvgIpc) is 3.18. The lowest BCUT2D eigenvalue weighted by molar-refractivity contribution is -0.140. The molecule has 1 unspecified atom stereocenters. The fourth-order valence-corrected chi connectivity index (χ4v) is 4.45. The summed E-state index contributed by atoms with van der Waals surface area (Å²) in [6.07, 6.45) is 3.29. The Hall–Kier alpha value is -4.42. The largest absolute Gasteiger partial charge is 0.507 e. The van der Waals surface area contributed by atoms with Gasteiger partial charge in [-0.2, -0.15) is 0 Å². The van der Waals surface area contributed by atoms with Gasteiger partial charge in [-0.05, 0) is 59.2 Å². The monoisotopic (exact) mass is 510 g/mol. The number of hydrogen-bond acceptors (Lipinski definition) is 5. The molecule has 1 aliphatic heterocycles. The van der Waals surface area contributed by atoms with E-state index in [0.717, 1.165) is 11.1 Å². The summed E-state index contributed by atoms with van der Waals surface area (Å²) in [6, 6.07) is 26.3. The van der Waals surface area contributed by atoms with Gasteiger partial charge in [-0.25, -0.2) is 0 Å². The minimum absolute atomic E-state index is 0.0224. The number of amides is 1. The number of ether oxygens (including phenoxy) is 1. The molecule has 0 spiro atoms. The summed E-state index contributed by atoms with van der Waals surface area (Å²) in [5, 5.41) is 11.8. The van der Waals surface area contributed by atoms with Crippen molar-refractivity contribution in [3.05, 3.63) is 136 Å². The number of halogens is 1. The number of aliphatic hydroxyl groups is 1. The van der Waals surface area contributed by atoms with Crippen LogP contribution in [0.2, 0.25) is 5.02 Å². The first kappa shape index (κ1) is 24.3. The molecule has 0 radical (unpaired) electrons. The quantitative estimate of drug-likeness (QED) is 0.189. The molecule has 184 valence electrons. The minimum atomic E-state index is -0.786. The number of hydrogen-bond donors (Lipinski definition) is 1. The number of likely N-dealkylation sites (tertiary alicyclic amines) is 1. The number of rotatable bonds is 7. The maximum Gasteiger partial charge on any atom is 0.295 e. The van der Waals surface area contributed by atoms with Gasteiger partial charge in [-0.3, -0.25) is 14.6 Å². The van der Waals surface area contributed by atoms with Gasteiger partial charge in [0.15, 0.2) is 0 Å². The zero-order valence-electron chi connectivity index (χ0n) is 19.8. The SMILES string of the molecule is O=C1C(=O)N(Cc2cccnc2)C(c2ccc(Cl)cc2)/C1=C(\O)c1ccc(OCc2ccccc2)cc1. The van der Waals surface area contributed by atoms with Crippen molar-refractivity contribution in [1.82, 2.24) is 9.88 Å². The van der Waals surface area contributed by atoms with Crippen molar-refractivity contribution in [2.75, 3.05) is 0 Å². The van der Waals surface area contributed by atoms with Gasteiger partial charge in [0.2, 0.25) is 0 Å². The Morgan fingerprint density at radius 2 is 1.59 bits per heavy atom. The van der Waals surface area contributed by atoms with Crippen LogP contribution in [0.3, 0.4) is 0 Å². The van der Waals surface area contributed by atoms with Crippen LogP contribution in [0.5, 0.6) is 5.75 Å². The molecular formula is C30H23ClN2O4. The highest BCUT2D eigenvalue weighted by atomic mass is 35.5. The van der Waals surface area contributed by atoms with Crippen LogP contribution in [-0.4, -0.2) is 26.7 Å². The normalized spacial score (nSPS) is 16.7. The van der Waals surface area contributed by atoms with E-state index in [9.17, 15) is 14.7 Å². The molecule has 1 amide bonds. The van der Waals surface area contributed by atoms with E-state index in [4.69, 9.17) is 16.3 Å². The van der Waals surface area contributed by atoms with Crippen LogP contribution in [-0.2, 0) is 22.7 Å².